The van der Waals surface area contributed by atoms with Crippen LogP contribution in [0.15, 0.2) is 29.4 Å². The Labute approximate surface area is 122 Å². The molecule has 0 aromatic heterocycles. The zero-order chi connectivity index (χ0) is 15.2. The van der Waals surface area contributed by atoms with E-state index in [1.807, 2.05) is 6.92 Å². The van der Waals surface area contributed by atoms with Crippen molar-refractivity contribution < 1.29 is 19.5 Å². The zero-order valence-corrected chi connectivity index (χ0v) is 11.8. The predicted molar refractivity (Wildman–Crippen MR) is 77.5 cm³/mol. The summed E-state index contributed by atoms with van der Waals surface area (Å²) in [6, 6.07) is 6.89. The summed E-state index contributed by atoms with van der Waals surface area (Å²) in [5, 5.41) is 14.0. The molecule has 1 aromatic rings. The molecule has 1 aliphatic rings. The molecule has 1 heterocycles. The van der Waals surface area contributed by atoms with Gasteiger partial charge in [0.2, 0.25) is 0 Å². The maximum absolute atomic E-state index is 12.0. The zero-order valence-electron chi connectivity index (χ0n) is 11.8. The van der Waals surface area contributed by atoms with Gasteiger partial charge in [-0.25, -0.2) is 0 Å². The number of hydrogen-bond donors (Lipinski definition) is 3. The molecule has 1 aromatic carbocycles. The molecule has 1 fully saturated rings. The Kier molecular flexibility index (Phi) is 4.99. The molecule has 2 atom stereocenters. The second kappa shape index (κ2) is 6.94. The quantitative estimate of drug-likeness (QED) is 0.328. The van der Waals surface area contributed by atoms with E-state index in [2.05, 4.69) is 10.5 Å². The lowest BCUT2D eigenvalue weighted by Gasteiger charge is -2.12. The van der Waals surface area contributed by atoms with Crippen molar-refractivity contribution in [2.45, 2.75) is 32.0 Å². The smallest absolute Gasteiger partial charge is 0.253 e. The SMILES string of the molecule is CC1CCC(C(=O)Nc2cccc(OC/C(N)=N/O)c2)O1. The van der Waals surface area contributed by atoms with E-state index in [0.717, 1.165) is 12.8 Å². The fourth-order valence-electron chi connectivity index (χ4n) is 2.07. The van der Waals surface area contributed by atoms with Gasteiger partial charge in [0.25, 0.3) is 5.91 Å². The monoisotopic (exact) mass is 293 g/mol. The number of ether oxygens (including phenoxy) is 2. The molecule has 1 aliphatic heterocycles. The van der Waals surface area contributed by atoms with Crippen molar-refractivity contribution >= 4 is 17.4 Å². The molecule has 0 radical (unpaired) electrons. The summed E-state index contributed by atoms with van der Waals surface area (Å²) in [6.07, 6.45) is 1.34. The maximum Gasteiger partial charge on any atom is 0.253 e. The molecular formula is C14H19N3O4. The van der Waals surface area contributed by atoms with Gasteiger partial charge in [0.05, 0.1) is 6.10 Å². The van der Waals surface area contributed by atoms with E-state index in [1.54, 1.807) is 24.3 Å². The van der Waals surface area contributed by atoms with Gasteiger partial charge in [0.1, 0.15) is 18.5 Å². The van der Waals surface area contributed by atoms with Crippen molar-refractivity contribution in [3.63, 3.8) is 0 Å². The molecule has 0 bridgehead atoms. The van der Waals surface area contributed by atoms with Crippen LogP contribution in [0.4, 0.5) is 5.69 Å². The highest BCUT2D eigenvalue weighted by molar-refractivity contribution is 5.94. The van der Waals surface area contributed by atoms with Crippen LogP contribution in [0.5, 0.6) is 5.75 Å². The molecule has 21 heavy (non-hydrogen) atoms. The molecule has 1 saturated heterocycles. The lowest BCUT2D eigenvalue weighted by Crippen LogP contribution is -2.27. The summed E-state index contributed by atoms with van der Waals surface area (Å²) >= 11 is 0. The van der Waals surface area contributed by atoms with Crippen LogP contribution in [-0.2, 0) is 9.53 Å². The Balaban J connectivity index is 1.93. The molecule has 7 nitrogen and oxygen atoms in total. The van der Waals surface area contributed by atoms with E-state index < -0.39 is 6.10 Å². The van der Waals surface area contributed by atoms with E-state index in [-0.39, 0.29) is 24.5 Å². The number of hydrogen-bond acceptors (Lipinski definition) is 5. The number of amides is 1. The lowest BCUT2D eigenvalue weighted by atomic mass is 10.2. The summed E-state index contributed by atoms with van der Waals surface area (Å²) < 4.78 is 10.8. The highest BCUT2D eigenvalue weighted by Crippen LogP contribution is 2.22. The van der Waals surface area contributed by atoms with Gasteiger partial charge in [-0.2, -0.15) is 0 Å². The van der Waals surface area contributed by atoms with Crippen LogP contribution < -0.4 is 15.8 Å². The summed E-state index contributed by atoms with van der Waals surface area (Å²) in [4.78, 5) is 12.0. The normalized spacial score (nSPS) is 22.0. The van der Waals surface area contributed by atoms with Crippen LogP contribution in [0.3, 0.4) is 0 Å². The topological polar surface area (TPSA) is 106 Å². The standard InChI is InChI=1S/C14H19N3O4/c1-9-5-6-12(21-9)14(18)16-10-3-2-4-11(7-10)20-8-13(15)17-19/h2-4,7,9,12,19H,5-6,8H2,1H3,(H2,15,17)(H,16,18). The number of nitrogens with one attached hydrogen (secondary N) is 1. The minimum Gasteiger partial charge on any atom is -0.485 e. The van der Waals surface area contributed by atoms with Crippen LogP contribution in [0.1, 0.15) is 19.8 Å². The first-order chi connectivity index (χ1) is 10.1. The Bertz CT molecular complexity index is 533. The van der Waals surface area contributed by atoms with E-state index in [0.29, 0.717) is 11.4 Å². The van der Waals surface area contributed by atoms with Crippen molar-refractivity contribution in [3.05, 3.63) is 24.3 Å². The van der Waals surface area contributed by atoms with Gasteiger partial charge in [-0.3, -0.25) is 4.79 Å². The van der Waals surface area contributed by atoms with Crippen molar-refractivity contribution in [3.8, 4) is 5.75 Å². The van der Waals surface area contributed by atoms with E-state index in [9.17, 15) is 4.79 Å². The minimum atomic E-state index is -0.401. The van der Waals surface area contributed by atoms with Crippen LogP contribution in [0, 0.1) is 0 Å². The number of rotatable bonds is 5. The molecule has 1 amide bonds. The molecular weight excluding hydrogens is 274 g/mol. The first kappa shape index (κ1) is 15.1. The van der Waals surface area contributed by atoms with E-state index in [1.165, 1.54) is 0 Å². The van der Waals surface area contributed by atoms with Gasteiger partial charge >= 0.3 is 0 Å². The summed E-state index contributed by atoms with van der Waals surface area (Å²) in [6.45, 7) is 1.92. The third-order valence-electron chi connectivity index (χ3n) is 3.14. The number of oxime groups is 1. The third-order valence-corrected chi connectivity index (χ3v) is 3.14. The molecule has 114 valence electrons. The number of nitrogens with two attached hydrogens (primary N) is 1. The van der Waals surface area contributed by atoms with Gasteiger partial charge in [-0.05, 0) is 31.9 Å². The Morgan fingerprint density at radius 3 is 3.05 bits per heavy atom. The van der Waals surface area contributed by atoms with Crippen LogP contribution >= 0.6 is 0 Å². The average Bonchev–Trinajstić information content (AvgIpc) is 2.92. The first-order valence-corrected chi connectivity index (χ1v) is 6.74. The number of anilines is 1. The molecule has 0 aliphatic carbocycles. The third kappa shape index (κ3) is 4.35. The van der Waals surface area contributed by atoms with E-state index >= 15 is 0 Å². The second-order valence-corrected chi connectivity index (χ2v) is 4.91. The summed E-state index contributed by atoms with van der Waals surface area (Å²) in [5.74, 6) is 0.325. The van der Waals surface area contributed by atoms with Gasteiger partial charge in [-0.1, -0.05) is 11.2 Å². The second-order valence-electron chi connectivity index (χ2n) is 4.91. The van der Waals surface area contributed by atoms with Gasteiger partial charge in [0, 0.05) is 11.8 Å². The Morgan fingerprint density at radius 1 is 1.57 bits per heavy atom. The first-order valence-electron chi connectivity index (χ1n) is 6.74. The Hall–Kier alpha value is -2.28. The van der Waals surface area contributed by atoms with Crippen LogP contribution in [0.25, 0.3) is 0 Å². The summed E-state index contributed by atoms with van der Waals surface area (Å²) in [5.41, 5.74) is 5.94. The molecule has 0 saturated carbocycles. The van der Waals surface area contributed by atoms with Crippen molar-refractivity contribution in [2.24, 2.45) is 10.9 Å². The molecule has 7 heteroatoms. The molecule has 0 spiro atoms. The van der Waals surface area contributed by atoms with Crippen molar-refractivity contribution in [1.82, 2.24) is 0 Å². The van der Waals surface area contributed by atoms with Crippen LogP contribution in [-0.4, -0.2) is 35.8 Å². The fraction of sp³-hybridized carbons (Fsp3) is 0.429. The highest BCUT2D eigenvalue weighted by Gasteiger charge is 2.28. The number of carbonyl (C=O) groups is 1. The number of nitrogens with zero attached hydrogens (tertiary/aromatic N) is 1. The highest BCUT2D eigenvalue weighted by atomic mass is 16.5. The average molecular weight is 293 g/mol. The maximum atomic E-state index is 12.0. The van der Waals surface area contributed by atoms with Crippen molar-refractivity contribution in [2.75, 3.05) is 11.9 Å². The van der Waals surface area contributed by atoms with Gasteiger partial charge in [0.15, 0.2) is 5.84 Å². The molecule has 4 N–H and O–H groups in total. The number of carbonyl (C=O) groups excluding carboxylic acids is 1. The molecule has 2 rings (SSSR count). The summed E-state index contributed by atoms with van der Waals surface area (Å²) in [7, 11) is 0. The molecule has 2 unspecified atom stereocenters. The lowest BCUT2D eigenvalue weighted by molar-refractivity contribution is -0.126. The largest absolute Gasteiger partial charge is 0.485 e. The number of amidine groups is 1. The Morgan fingerprint density at radius 2 is 2.38 bits per heavy atom. The minimum absolute atomic E-state index is 0.0298. The van der Waals surface area contributed by atoms with Crippen molar-refractivity contribution in [1.29, 1.82) is 0 Å². The predicted octanol–water partition coefficient (Wildman–Crippen LogP) is 1.32. The van der Waals surface area contributed by atoms with E-state index in [4.69, 9.17) is 20.4 Å². The van der Waals surface area contributed by atoms with Crippen LogP contribution in [0.2, 0.25) is 0 Å². The van der Waals surface area contributed by atoms with Gasteiger partial charge in [-0.15, -0.1) is 0 Å². The number of benzene rings is 1. The van der Waals surface area contributed by atoms with Gasteiger partial charge < -0.3 is 25.7 Å². The fourth-order valence-corrected chi connectivity index (χ4v) is 2.07.